The molecule has 21 heavy (non-hydrogen) atoms. The van der Waals surface area contributed by atoms with Gasteiger partial charge in [-0.25, -0.2) is 9.78 Å². The zero-order chi connectivity index (χ0) is 15.0. The largest absolute Gasteiger partial charge is 0.480 e. The van der Waals surface area contributed by atoms with E-state index in [9.17, 15) is 14.7 Å². The summed E-state index contributed by atoms with van der Waals surface area (Å²) in [5.74, 6) is 0.883. The Morgan fingerprint density at radius 3 is 2.86 bits per heavy atom. The van der Waals surface area contributed by atoms with Crippen molar-refractivity contribution in [2.45, 2.75) is 56.9 Å². The lowest BCUT2D eigenvalue weighted by Crippen LogP contribution is -2.50. The highest BCUT2D eigenvalue weighted by molar-refractivity contribution is 5.82. The zero-order valence-corrected chi connectivity index (χ0v) is 12.2. The smallest absolute Gasteiger partial charge is 0.329 e. The molecular weight excluding hydrogens is 270 g/mol. The van der Waals surface area contributed by atoms with E-state index in [2.05, 4.69) is 22.2 Å². The van der Waals surface area contributed by atoms with E-state index in [-0.39, 0.29) is 5.56 Å². The van der Waals surface area contributed by atoms with Gasteiger partial charge in [-0.3, -0.25) is 4.79 Å². The lowest BCUT2D eigenvalue weighted by molar-refractivity contribution is -0.144. The number of hydrogen-bond acceptors (Lipinski definition) is 4. The predicted octanol–water partition coefficient (Wildman–Crippen LogP) is 2.09. The number of aromatic amines is 1. The van der Waals surface area contributed by atoms with Gasteiger partial charge in [0, 0.05) is 12.0 Å². The van der Waals surface area contributed by atoms with Crippen LogP contribution in [0.1, 0.15) is 57.2 Å². The van der Waals surface area contributed by atoms with Gasteiger partial charge in [0.1, 0.15) is 17.2 Å². The molecule has 3 rings (SSSR count). The van der Waals surface area contributed by atoms with Crippen molar-refractivity contribution in [2.24, 2.45) is 5.92 Å². The van der Waals surface area contributed by atoms with Gasteiger partial charge in [0.2, 0.25) is 0 Å². The van der Waals surface area contributed by atoms with Gasteiger partial charge >= 0.3 is 5.97 Å². The number of nitrogens with zero attached hydrogens (tertiary/aromatic N) is 1. The molecule has 1 aromatic heterocycles. The highest BCUT2D eigenvalue weighted by Crippen LogP contribution is 2.38. The lowest BCUT2D eigenvalue weighted by atomic mass is 9.76. The molecule has 6 heteroatoms. The number of H-pyrrole nitrogens is 1. The average Bonchev–Trinajstić information content (AvgIpc) is 3.21. The molecule has 2 aliphatic carbocycles. The van der Waals surface area contributed by atoms with Crippen molar-refractivity contribution < 1.29 is 9.90 Å². The van der Waals surface area contributed by atoms with Gasteiger partial charge in [0.15, 0.2) is 0 Å². The van der Waals surface area contributed by atoms with E-state index in [0.717, 1.165) is 25.7 Å². The minimum atomic E-state index is -1.00. The Balaban J connectivity index is 1.89. The molecule has 114 valence electrons. The average molecular weight is 291 g/mol. The number of rotatable bonds is 4. The normalized spacial score (nSPS) is 29.1. The van der Waals surface area contributed by atoms with Crippen molar-refractivity contribution in [1.29, 1.82) is 0 Å². The first kappa shape index (κ1) is 14.1. The first-order valence-electron chi connectivity index (χ1n) is 7.61. The summed E-state index contributed by atoms with van der Waals surface area (Å²) in [4.78, 5) is 30.7. The fourth-order valence-corrected chi connectivity index (χ4v) is 3.25. The molecule has 0 aromatic carbocycles. The molecule has 2 aliphatic rings. The van der Waals surface area contributed by atoms with Crippen LogP contribution in [-0.2, 0) is 4.79 Å². The molecule has 2 atom stereocenters. The van der Waals surface area contributed by atoms with E-state index in [4.69, 9.17) is 0 Å². The molecule has 6 nitrogen and oxygen atoms in total. The summed E-state index contributed by atoms with van der Waals surface area (Å²) in [6.07, 6.45) is 5.13. The van der Waals surface area contributed by atoms with Crippen LogP contribution in [-0.4, -0.2) is 26.6 Å². The monoisotopic (exact) mass is 291 g/mol. The van der Waals surface area contributed by atoms with Crippen molar-refractivity contribution in [1.82, 2.24) is 9.97 Å². The summed E-state index contributed by atoms with van der Waals surface area (Å²) in [6, 6.07) is 1.36. The Hall–Kier alpha value is -1.85. The molecule has 0 amide bonds. The summed E-state index contributed by atoms with van der Waals surface area (Å²) in [6.45, 7) is 2.07. The minimum Gasteiger partial charge on any atom is -0.480 e. The van der Waals surface area contributed by atoms with Gasteiger partial charge < -0.3 is 15.4 Å². The van der Waals surface area contributed by atoms with Crippen molar-refractivity contribution in [2.75, 3.05) is 5.32 Å². The van der Waals surface area contributed by atoms with Crippen LogP contribution in [0.3, 0.4) is 0 Å². The van der Waals surface area contributed by atoms with Gasteiger partial charge in [-0.2, -0.15) is 0 Å². The third-order valence-corrected chi connectivity index (χ3v) is 4.50. The summed E-state index contributed by atoms with van der Waals surface area (Å²) < 4.78 is 0. The van der Waals surface area contributed by atoms with Gasteiger partial charge in [-0.15, -0.1) is 0 Å². The van der Waals surface area contributed by atoms with Crippen LogP contribution in [0.25, 0.3) is 0 Å². The van der Waals surface area contributed by atoms with Crippen LogP contribution in [0.5, 0.6) is 0 Å². The number of nitrogens with one attached hydrogen (secondary N) is 2. The second kappa shape index (κ2) is 5.16. The Labute approximate surface area is 123 Å². The van der Waals surface area contributed by atoms with Gasteiger partial charge in [0.05, 0.1) is 0 Å². The lowest BCUT2D eigenvalue weighted by Gasteiger charge is -2.37. The van der Waals surface area contributed by atoms with E-state index in [1.165, 1.54) is 6.07 Å². The standard InChI is InChI=1S/C15H21N3O3/c1-9-3-2-6-15(8-9,14(20)21)18-11-7-12(19)17-13(16-11)10-4-5-10/h7,9-10H,2-6,8H2,1H3,(H,20,21)(H2,16,17,18,19). The van der Waals surface area contributed by atoms with E-state index in [1.807, 2.05) is 0 Å². The molecule has 3 N–H and O–H groups in total. The summed E-state index contributed by atoms with van der Waals surface area (Å²) in [5.41, 5.74) is -1.22. The van der Waals surface area contributed by atoms with Crippen molar-refractivity contribution >= 4 is 11.8 Å². The first-order valence-corrected chi connectivity index (χ1v) is 7.61. The number of carbonyl (C=O) groups is 1. The number of carboxylic acids is 1. The van der Waals surface area contributed by atoms with Crippen LogP contribution < -0.4 is 10.9 Å². The van der Waals surface area contributed by atoms with Crippen LogP contribution in [0.15, 0.2) is 10.9 Å². The molecule has 0 bridgehead atoms. The number of aromatic nitrogens is 2. The number of anilines is 1. The Kier molecular flexibility index (Phi) is 3.47. The maximum absolute atomic E-state index is 11.8. The molecule has 0 aliphatic heterocycles. The van der Waals surface area contributed by atoms with Crippen LogP contribution in [0.4, 0.5) is 5.82 Å². The summed E-state index contributed by atoms with van der Waals surface area (Å²) >= 11 is 0. The second-order valence-electron chi connectivity index (χ2n) is 6.50. The zero-order valence-electron chi connectivity index (χ0n) is 12.2. The van der Waals surface area contributed by atoms with Crippen molar-refractivity contribution in [3.05, 3.63) is 22.2 Å². The maximum atomic E-state index is 11.8. The van der Waals surface area contributed by atoms with Gasteiger partial charge in [-0.05, 0) is 31.6 Å². The van der Waals surface area contributed by atoms with E-state index in [1.54, 1.807) is 0 Å². The maximum Gasteiger partial charge on any atom is 0.329 e. The summed E-state index contributed by atoms with van der Waals surface area (Å²) in [7, 11) is 0. The Morgan fingerprint density at radius 2 is 2.24 bits per heavy atom. The highest BCUT2D eigenvalue weighted by atomic mass is 16.4. The third kappa shape index (κ3) is 2.94. The fourth-order valence-electron chi connectivity index (χ4n) is 3.25. The van der Waals surface area contributed by atoms with Crippen LogP contribution in [0, 0.1) is 5.92 Å². The third-order valence-electron chi connectivity index (χ3n) is 4.50. The summed E-state index contributed by atoms with van der Waals surface area (Å²) in [5, 5.41) is 12.7. The number of aliphatic carboxylic acids is 1. The van der Waals surface area contributed by atoms with Crippen molar-refractivity contribution in [3.63, 3.8) is 0 Å². The van der Waals surface area contributed by atoms with Gasteiger partial charge in [0.25, 0.3) is 5.56 Å². The molecule has 0 saturated heterocycles. The number of hydrogen-bond donors (Lipinski definition) is 3. The minimum absolute atomic E-state index is 0.223. The molecular formula is C15H21N3O3. The second-order valence-corrected chi connectivity index (χ2v) is 6.50. The van der Waals surface area contributed by atoms with E-state index in [0.29, 0.717) is 36.3 Å². The molecule has 2 fully saturated rings. The molecule has 0 radical (unpaired) electrons. The first-order chi connectivity index (χ1) is 9.98. The van der Waals surface area contributed by atoms with Gasteiger partial charge in [-0.1, -0.05) is 19.8 Å². The fraction of sp³-hybridized carbons (Fsp3) is 0.667. The molecule has 1 aromatic rings. The van der Waals surface area contributed by atoms with E-state index < -0.39 is 11.5 Å². The van der Waals surface area contributed by atoms with Crippen LogP contribution >= 0.6 is 0 Å². The topological polar surface area (TPSA) is 95.1 Å². The predicted molar refractivity (Wildman–Crippen MR) is 78.5 cm³/mol. The SMILES string of the molecule is CC1CCCC(Nc2cc(=O)[nH]c(C3CC3)n2)(C(=O)O)C1. The van der Waals surface area contributed by atoms with Crippen molar-refractivity contribution in [3.8, 4) is 0 Å². The Bertz CT molecular complexity index is 608. The quantitative estimate of drug-likeness (QED) is 0.789. The van der Waals surface area contributed by atoms with Crippen LogP contribution in [0.2, 0.25) is 0 Å². The van der Waals surface area contributed by atoms with E-state index >= 15 is 0 Å². The molecule has 2 saturated carbocycles. The Morgan fingerprint density at radius 1 is 1.48 bits per heavy atom. The molecule has 2 unspecified atom stereocenters. The molecule has 1 heterocycles. The highest BCUT2D eigenvalue weighted by Gasteiger charge is 2.42. The molecule has 0 spiro atoms. The number of carboxylic acid groups (broad SMARTS) is 1.